The Morgan fingerprint density at radius 3 is 2.58 bits per heavy atom. The van der Waals surface area contributed by atoms with Gasteiger partial charge in [-0.05, 0) is 31.5 Å². The van der Waals surface area contributed by atoms with Gasteiger partial charge in [-0.15, -0.1) is 0 Å². The Bertz CT molecular complexity index is 1070. The molecule has 0 amide bonds. The lowest BCUT2D eigenvalue weighted by atomic mass is 10.2. The Balaban J connectivity index is 1.71. The van der Waals surface area contributed by atoms with Gasteiger partial charge in [-0.1, -0.05) is 28.9 Å². The monoisotopic (exact) mass is 369 g/mol. The summed E-state index contributed by atoms with van der Waals surface area (Å²) in [4.78, 5) is 8.96. The summed E-state index contributed by atoms with van der Waals surface area (Å²) in [6.07, 6.45) is 1.86. The van der Waals surface area contributed by atoms with Crippen molar-refractivity contribution in [3.63, 3.8) is 0 Å². The Hall–Kier alpha value is -2.93. The van der Waals surface area contributed by atoms with Gasteiger partial charge in [0, 0.05) is 0 Å². The molecule has 0 saturated heterocycles. The van der Waals surface area contributed by atoms with Gasteiger partial charge >= 0.3 is 0 Å². The van der Waals surface area contributed by atoms with Gasteiger partial charge in [0.05, 0.1) is 31.1 Å². The molecular formula is C18H16ClN5O2. The number of rotatable bonds is 4. The molecule has 0 spiro atoms. The summed E-state index contributed by atoms with van der Waals surface area (Å²) in [5.41, 5.74) is 3.82. The number of hydrogen-bond acceptors (Lipinski definition) is 6. The van der Waals surface area contributed by atoms with Crippen LogP contribution in [0, 0.1) is 13.8 Å². The molecule has 0 aliphatic carbocycles. The van der Waals surface area contributed by atoms with Gasteiger partial charge < -0.3 is 9.26 Å². The summed E-state index contributed by atoms with van der Waals surface area (Å²) in [6.45, 7) is 4.27. The molecule has 0 saturated carbocycles. The van der Waals surface area contributed by atoms with E-state index in [4.69, 9.17) is 20.9 Å². The Morgan fingerprint density at radius 2 is 1.92 bits per heavy atom. The molecule has 4 aromatic rings. The molecule has 0 aliphatic rings. The summed E-state index contributed by atoms with van der Waals surface area (Å²) in [5.74, 6) is 1.96. The van der Waals surface area contributed by atoms with Crippen LogP contribution in [0.3, 0.4) is 0 Å². The van der Waals surface area contributed by atoms with E-state index in [9.17, 15) is 0 Å². The highest BCUT2D eigenvalue weighted by Gasteiger charge is 2.18. The van der Waals surface area contributed by atoms with E-state index in [1.54, 1.807) is 11.8 Å². The molecule has 132 valence electrons. The summed E-state index contributed by atoms with van der Waals surface area (Å²) in [6, 6.07) is 7.82. The first kappa shape index (κ1) is 16.5. The molecule has 0 unspecified atom stereocenters. The van der Waals surface area contributed by atoms with Crippen molar-refractivity contribution < 1.29 is 9.26 Å². The largest absolute Gasteiger partial charge is 0.497 e. The van der Waals surface area contributed by atoms with Gasteiger partial charge in [-0.3, -0.25) is 4.68 Å². The highest BCUT2D eigenvalue weighted by Crippen LogP contribution is 2.28. The molecule has 3 heterocycles. The molecule has 0 aliphatic heterocycles. The molecule has 0 atom stereocenters. The van der Waals surface area contributed by atoms with E-state index in [0.717, 1.165) is 22.6 Å². The van der Waals surface area contributed by atoms with E-state index in [1.165, 1.54) is 0 Å². The van der Waals surface area contributed by atoms with Crippen molar-refractivity contribution in [2.45, 2.75) is 20.4 Å². The highest BCUT2D eigenvalue weighted by atomic mass is 35.5. The number of aromatic nitrogens is 5. The molecule has 0 fully saturated rings. The van der Waals surface area contributed by atoms with Crippen LogP contribution >= 0.6 is 11.6 Å². The lowest BCUT2D eigenvalue weighted by Gasteiger charge is -2.03. The minimum absolute atomic E-state index is 0.304. The van der Waals surface area contributed by atoms with Crippen LogP contribution in [0.25, 0.3) is 22.4 Å². The quantitative estimate of drug-likeness (QED) is 0.509. The van der Waals surface area contributed by atoms with Crippen molar-refractivity contribution >= 4 is 22.6 Å². The van der Waals surface area contributed by atoms with Crippen LogP contribution < -0.4 is 4.74 Å². The molecular weight excluding hydrogens is 354 g/mol. The summed E-state index contributed by atoms with van der Waals surface area (Å²) < 4.78 is 12.2. The summed E-state index contributed by atoms with van der Waals surface area (Å²) >= 11 is 6.35. The first-order valence-electron chi connectivity index (χ1n) is 8.02. The second-order valence-corrected chi connectivity index (χ2v) is 6.30. The maximum Gasteiger partial charge on any atom is 0.167 e. The van der Waals surface area contributed by atoms with Crippen molar-refractivity contribution in [1.29, 1.82) is 0 Å². The fourth-order valence-corrected chi connectivity index (χ4v) is 3.05. The van der Waals surface area contributed by atoms with Gasteiger partial charge in [0.25, 0.3) is 0 Å². The molecule has 1 aromatic carbocycles. The zero-order chi connectivity index (χ0) is 18.3. The third-order valence-corrected chi connectivity index (χ3v) is 4.39. The second kappa shape index (κ2) is 6.42. The second-order valence-electron chi connectivity index (χ2n) is 5.95. The van der Waals surface area contributed by atoms with Crippen LogP contribution in [0.1, 0.15) is 17.0 Å². The number of aryl methyl sites for hydroxylation is 2. The van der Waals surface area contributed by atoms with Crippen LogP contribution in [0.5, 0.6) is 5.75 Å². The van der Waals surface area contributed by atoms with Gasteiger partial charge in [-0.2, -0.15) is 5.10 Å². The minimum Gasteiger partial charge on any atom is -0.497 e. The summed E-state index contributed by atoms with van der Waals surface area (Å²) in [5, 5.41) is 8.76. The zero-order valence-corrected chi connectivity index (χ0v) is 15.3. The average molecular weight is 370 g/mol. The van der Waals surface area contributed by atoms with E-state index in [1.807, 2.05) is 44.3 Å². The number of benzene rings is 1. The number of halogens is 1. The van der Waals surface area contributed by atoms with Crippen LogP contribution in [-0.4, -0.2) is 32.0 Å². The number of methoxy groups -OCH3 is 1. The highest BCUT2D eigenvalue weighted by molar-refractivity contribution is 6.33. The Kier molecular flexibility index (Phi) is 4.08. The van der Waals surface area contributed by atoms with Crippen LogP contribution in [0.2, 0.25) is 5.15 Å². The molecule has 4 rings (SSSR count). The Morgan fingerprint density at radius 1 is 1.15 bits per heavy atom. The maximum absolute atomic E-state index is 6.35. The molecule has 26 heavy (non-hydrogen) atoms. The standard InChI is InChI=1S/C18H16ClN5O2/c1-10-15(11(2)26-23-10)18-20-14-9-24(22-16(14)17(19)21-18)8-12-4-6-13(25-3)7-5-12/h4-7,9H,8H2,1-3H3. The Labute approximate surface area is 154 Å². The van der Waals surface area contributed by atoms with E-state index < -0.39 is 0 Å². The lowest BCUT2D eigenvalue weighted by Crippen LogP contribution is -1.99. The van der Waals surface area contributed by atoms with Gasteiger partial charge in [0.15, 0.2) is 11.0 Å². The fraction of sp³-hybridized carbons (Fsp3) is 0.222. The average Bonchev–Trinajstić information content (AvgIpc) is 3.18. The third-order valence-electron chi connectivity index (χ3n) is 4.13. The lowest BCUT2D eigenvalue weighted by molar-refractivity contribution is 0.393. The van der Waals surface area contributed by atoms with Crippen molar-refractivity contribution in [3.8, 4) is 17.1 Å². The van der Waals surface area contributed by atoms with E-state index in [0.29, 0.717) is 34.3 Å². The number of fused-ring (bicyclic) bond motifs is 1. The van der Waals surface area contributed by atoms with Gasteiger partial charge in [-0.25, -0.2) is 9.97 Å². The smallest absolute Gasteiger partial charge is 0.167 e. The van der Waals surface area contributed by atoms with Crippen molar-refractivity contribution in [2.24, 2.45) is 0 Å². The fourth-order valence-electron chi connectivity index (χ4n) is 2.84. The number of nitrogens with zero attached hydrogens (tertiary/aromatic N) is 5. The van der Waals surface area contributed by atoms with Crippen LogP contribution in [0.4, 0.5) is 0 Å². The zero-order valence-electron chi connectivity index (χ0n) is 14.5. The van der Waals surface area contributed by atoms with Gasteiger partial charge in [0.2, 0.25) is 0 Å². The number of ether oxygens (including phenoxy) is 1. The third kappa shape index (κ3) is 2.90. The van der Waals surface area contributed by atoms with E-state index in [2.05, 4.69) is 20.2 Å². The normalized spacial score (nSPS) is 11.2. The topological polar surface area (TPSA) is 78.9 Å². The van der Waals surface area contributed by atoms with Crippen molar-refractivity contribution in [1.82, 2.24) is 24.9 Å². The molecule has 3 aromatic heterocycles. The van der Waals surface area contributed by atoms with Crippen molar-refractivity contribution in [2.75, 3.05) is 7.11 Å². The van der Waals surface area contributed by atoms with Gasteiger partial charge in [0.1, 0.15) is 22.5 Å². The number of hydrogen-bond donors (Lipinski definition) is 0. The molecule has 0 N–H and O–H groups in total. The minimum atomic E-state index is 0.304. The van der Waals surface area contributed by atoms with Crippen molar-refractivity contribution in [3.05, 3.63) is 52.6 Å². The van der Waals surface area contributed by atoms with Crippen LogP contribution in [-0.2, 0) is 6.54 Å². The van der Waals surface area contributed by atoms with Crippen LogP contribution in [0.15, 0.2) is 35.0 Å². The predicted octanol–water partition coefficient (Wildman–Crippen LogP) is 3.81. The molecule has 0 bridgehead atoms. The SMILES string of the molecule is COc1ccc(Cn2cc3nc(-c4c(C)noc4C)nc(Cl)c3n2)cc1. The molecule has 0 radical (unpaired) electrons. The maximum atomic E-state index is 6.35. The first-order chi connectivity index (χ1) is 12.5. The molecule has 7 nitrogen and oxygen atoms in total. The molecule has 8 heteroatoms. The predicted molar refractivity (Wildman–Crippen MR) is 97.4 cm³/mol. The van der Waals surface area contributed by atoms with E-state index >= 15 is 0 Å². The summed E-state index contributed by atoms with van der Waals surface area (Å²) in [7, 11) is 1.65. The van der Waals surface area contributed by atoms with E-state index in [-0.39, 0.29) is 0 Å². The first-order valence-corrected chi connectivity index (χ1v) is 8.40.